The number of halogens is 4. The minimum Gasteiger partial charge on any atom is -0.492 e. The number of carbonyl (C=O) groups excluding carboxylic acids is 2. The van der Waals surface area contributed by atoms with Crippen LogP contribution >= 0.6 is 46.4 Å². The molecule has 54 heavy (non-hydrogen) atoms. The largest absolute Gasteiger partial charge is 0.492 e. The van der Waals surface area contributed by atoms with Crippen LogP contribution in [0.5, 0.6) is 17.2 Å². The minimum atomic E-state index is -1.87. The van der Waals surface area contributed by atoms with E-state index in [1.165, 1.54) is 0 Å². The zero-order valence-corrected chi connectivity index (χ0v) is 34.2. The molecule has 2 heterocycles. The predicted molar refractivity (Wildman–Crippen MR) is 214 cm³/mol. The molecule has 6 rings (SSSR count). The smallest absolute Gasteiger partial charge is 0.411 e. The minimum absolute atomic E-state index is 0.0852. The molecule has 0 spiro atoms. The van der Waals surface area contributed by atoms with E-state index in [2.05, 4.69) is 5.32 Å². The van der Waals surface area contributed by atoms with Crippen molar-refractivity contribution in [1.82, 2.24) is 15.1 Å². The van der Waals surface area contributed by atoms with Crippen molar-refractivity contribution in [3.8, 4) is 17.2 Å². The third-order valence-electron chi connectivity index (χ3n) is 10.2. The topological polar surface area (TPSA) is 89.6 Å². The van der Waals surface area contributed by atoms with Gasteiger partial charge in [0.05, 0.1) is 23.7 Å². The van der Waals surface area contributed by atoms with E-state index in [-0.39, 0.29) is 18.0 Å². The molecule has 1 saturated carbocycles. The van der Waals surface area contributed by atoms with Crippen LogP contribution < -0.4 is 19.5 Å². The highest BCUT2D eigenvalue weighted by molar-refractivity contribution is 6.68. The lowest BCUT2D eigenvalue weighted by Gasteiger charge is -2.48. The molecule has 3 aromatic rings. The molecular formula is C41H47Cl4N3O6. The fraction of sp³-hybridized carbons (Fsp3) is 0.463. The number of carbonyl (C=O) groups is 2. The van der Waals surface area contributed by atoms with Gasteiger partial charge in [-0.15, -0.1) is 0 Å². The number of ether oxygens (including phenoxy) is 4. The number of alkyl halides is 3. The average molecular weight is 820 g/mol. The van der Waals surface area contributed by atoms with Crippen molar-refractivity contribution < 1.29 is 28.5 Å². The van der Waals surface area contributed by atoms with Gasteiger partial charge in [0, 0.05) is 24.7 Å². The zero-order chi connectivity index (χ0) is 38.8. The first-order valence-corrected chi connectivity index (χ1v) is 19.8. The second kappa shape index (κ2) is 16.8. The normalized spacial score (nSPS) is 18.6. The van der Waals surface area contributed by atoms with Gasteiger partial charge >= 0.3 is 6.09 Å². The summed E-state index contributed by atoms with van der Waals surface area (Å²) in [5, 5.41) is 4.00. The Kier molecular flexibility index (Phi) is 12.5. The molecule has 1 N–H and O–H groups in total. The SMILES string of the molecule is Cc1cccc(OCCN(C(=O)C2=C(c3ccc(OCCOc4cc(C)c(C)cc4Cl)cc3)CC3CNCC2N3C(=O)OC(C)(C)C(Cl)(Cl)Cl)C2CC2)c1. The van der Waals surface area contributed by atoms with E-state index in [4.69, 9.17) is 65.4 Å². The van der Waals surface area contributed by atoms with E-state index in [1.54, 1.807) is 18.7 Å². The van der Waals surface area contributed by atoms with Crippen LogP contribution in [0.15, 0.2) is 66.2 Å². The summed E-state index contributed by atoms with van der Waals surface area (Å²) in [7, 11) is 0. The summed E-state index contributed by atoms with van der Waals surface area (Å²) in [5.74, 6) is 1.90. The van der Waals surface area contributed by atoms with E-state index in [0.717, 1.165) is 46.4 Å². The van der Waals surface area contributed by atoms with Crippen LogP contribution in [0, 0.1) is 20.8 Å². The summed E-state index contributed by atoms with van der Waals surface area (Å²) < 4.78 is 22.0. The lowest BCUT2D eigenvalue weighted by atomic mass is 9.82. The van der Waals surface area contributed by atoms with Crippen LogP contribution in [0.1, 0.15) is 55.4 Å². The Hall–Kier alpha value is -3.34. The number of hydrogen-bond acceptors (Lipinski definition) is 7. The molecule has 2 atom stereocenters. The van der Waals surface area contributed by atoms with E-state index < -0.39 is 21.5 Å². The van der Waals surface area contributed by atoms with Gasteiger partial charge < -0.3 is 29.2 Å². The predicted octanol–water partition coefficient (Wildman–Crippen LogP) is 8.88. The molecule has 2 amide bonds. The van der Waals surface area contributed by atoms with Gasteiger partial charge in [-0.1, -0.05) is 70.7 Å². The summed E-state index contributed by atoms with van der Waals surface area (Å²) in [6.07, 6.45) is 1.58. The highest BCUT2D eigenvalue weighted by Gasteiger charge is 2.50. The monoisotopic (exact) mass is 817 g/mol. The van der Waals surface area contributed by atoms with Gasteiger partial charge in [-0.3, -0.25) is 9.69 Å². The summed E-state index contributed by atoms with van der Waals surface area (Å²) >= 11 is 25.0. The van der Waals surface area contributed by atoms with Crippen molar-refractivity contribution in [3.63, 3.8) is 0 Å². The number of nitrogens with zero attached hydrogens (tertiary/aromatic N) is 2. The molecule has 0 aromatic heterocycles. The molecule has 3 aliphatic rings. The van der Waals surface area contributed by atoms with E-state index in [9.17, 15) is 9.59 Å². The molecule has 0 radical (unpaired) electrons. The highest BCUT2D eigenvalue weighted by Crippen LogP contribution is 2.43. The maximum absolute atomic E-state index is 14.9. The van der Waals surface area contributed by atoms with Gasteiger partial charge in [0.15, 0.2) is 5.60 Å². The standard InChI is InChI=1S/C41H47Cl4N3O6/c1-25-7-6-8-32(19-25)51-16-15-47(29-11-12-29)38(49)37-33(22-30-23-46-24-35(37)48(30)39(50)54-40(4,5)41(43,44)45)28-9-13-31(14-10-28)52-17-18-53-36-21-27(3)26(2)20-34(36)42/h6-10,13-14,19-21,29-30,35,46H,11-12,15-18,22-24H2,1-5H3. The molecule has 13 heteroatoms. The molecule has 290 valence electrons. The number of rotatable bonds is 13. The number of amides is 2. The van der Waals surface area contributed by atoms with E-state index in [1.807, 2.05) is 86.3 Å². The van der Waals surface area contributed by atoms with Crippen LogP contribution in [0.3, 0.4) is 0 Å². The summed E-state index contributed by atoms with van der Waals surface area (Å²) in [4.78, 5) is 32.4. The van der Waals surface area contributed by atoms with Crippen LogP contribution in [0.25, 0.3) is 5.57 Å². The van der Waals surface area contributed by atoms with Gasteiger partial charge in [-0.05, 0) is 118 Å². The van der Waals surface area contributed by atoms with Gasteiger partial charge in [0.1, 0.15) is 37.1 Å². The first kappa shape index (κ1) is 40.3. The van der Waals surface area contributed by atoms with Crippen LogP contribution in [-0.2, 0) is 9.53 Å². The Morgan fingerprint density at radius 3 is 2.24 bits per heavy atom. The first-order chi connectivity index (χ1) is 25.6. The quantitative estimate of drug-likeness (QED) is 0.136. The number of fused-ring (bicyclic) bond motifs is 2. The Bertz CT molecular complexity index is 1880. The molecule has 1 aliphatic carbocycles. The van der Waals surface area contributed by atoms with Crippen LogP contribution in [-0.4, -0.2) is 88.8 Å². The van der Waals surface area contributed by atoms with Crippen molar-refractivity contribution in [2.75, 3.05) is 39.5 Å². The Morgan fingerprint density at radius 1 is 0.870 bits per heavy atom. The van der Waals surface area contributed by atoms with Crippen LogP contribution in [0.2, 0.25) is 5.02 Å². The van der Waals surface area contributed by atoms with Crippen molar-refractivity contribution in [2.24, 2.45) is 0 Å². The fourth-order valence-electron chi connectivity index (χ4n) is 6.83. The first-order valence-electron chi connectivity index (χ1n) is 18.3. The maximum atomic E-state index is 14.9. The van der Waals surface area contributed by atoms with Gasteiger partial charge in [-0.2, -0.15) is 0 Å². The molecule has 3 aromatic carbocycles. The third kappa shape index (κ3) is 9.36. The lowest BCUT2D eigenvalue weighted by Crippen LogP contribution is -2.64. The molecule has 2 bridgehead atoms. The van der Waals surface area contributed by atoms with Gasteiger partial charge in [-0.25, -0.2) is 4.79 Å². The third-order valence-corrected chi connectivity index (χ3v) is 11.9. The number of hydrogen-bond donors (Lipinski definition) is 1. The number of aryl methyl sites for hydroxylation is 3. The van der Waals surface area contributed by atoms with Crippen molar-refractivity contribution in [3.05, 3.63) is 93.5 Å². The molecule has 9 nitrogen and oxygen atoms in total. The van der Waals surface area contributed by atoms with Crippen molar-refractivity contribution >= 4 is 64.0 Å². The van der Waals surface area contributed by atoms with Crippen LogP contribution in [0.4, 0.5) is 4.79 Å². The summed E-state index contributed by atoms with van der Waals surface area (Å²) in [5.41, 5.74) is 4.17. The van der Waals surface area contributed by atoms with E-state index in [0.29, 0.717) is 68.0 Å². The number of benzene rings is 3. The Balaban J connectivity index is 1.25. The molecule has 2 aliphatic heterocycles. The number of nitrogens with one attached hydrogen (secondary N) is 1. The zero-order valence-electron chi connectivity index (χ0n) is 31.2. The summed E-state index contributed by atoms with van der Waals surface area (Å²) in [6, 6.07) is 18.5. The number of piperazine rings is 1. The second-order valence-electron chi connectivity index (χ2n) is 14.7. The van der Waals surface area contributed by atoms with Crippen molar-refractivity contribution in [1.29, 1.82) is 0 Å². The average Bonchev–Trinajstić information content (AvgIpc) is 3.95. The van der Waals surface area contributed by atoms with Gasteiger partial charge in [0.2, 0.25) is 3.79 Å². The molecule has 1 saturated heterocycles. The molecule has 2 fully saturated rings. The Morgan fingerprint density at radius 2 is 1.56 bits per heavy atom. The van der Waals surface area contributed by atoms with E-state index >= 15 is 0 Å². The molecule has 2 unspecified atom stereocenters. The second-order valence-corrected chi connectivity index (χ2v) is 17.4. The molecular weight excluding hydrogens is 772 g/mol. The fourth-order valence-corrected chi connectivity index (χ4v) is 7.22. The Labute approximate surface area is 337 Å². The lowest BCUT2D eigenvalue weighted by molar-refractivity contribution is -0.129. The summed E-state index contributed by atoms with van der Waals surface area (Å²) in [6.45, 7) is 11.4. The van der Waals surface area contributed by atoms with Gasteiger partial charge in [0.25, 0.3) is 5.91 Å². The highest BCUT2D eigenvalue weighted by atomic mass is 35.6. The van der Waals surface area contributed by atoms with Crippen molar-refractivity contribution in [2.45, 2.75) is 81.4 Å². The maximum Gasteiger partial charge on any atom is 0.411 e.